The predicted molar refractivity (Wildman–Crippen MR) is 116 cm³/mol. The molecule has 0 saturated carbocycles. The summed E-state index contributed by atoms with van der Waals surface area (Å²) in [5.41, 5.74) is 0.939. The topological polar surface area (TPSA) is 67.9 Å². The van der Waals surface area contributed by atoms with Crippen molar-refractivity contribution in [2.75, 3.05) is 26.6 Å². The van der Waals surface area contributed by atoms with Crippen molar-refractivity contribution in [2.24, 2.45) is 0 Å². The van der Waals surface area contributed by atoms with Crippen LogP contribution in [0.1, 0.15) is 32.8 Å². The first-order valence-electron chi connectivity index (χ1n) is 9.58. The van der Waals surface area contributed by atoms with Crippen LogP contribution in [0.5, 0.6) is 11.5 Å². The van der Waals surface area contributed by atoms with Crippen LogP contribution >= 0.6 is 11.3 Å². The average Bonchev–Trinajstić information content (AvgIpc) is 3.31. The highest BCUT2D eigenvalue weighted by atomic mass is 32.1. The Morgan fingerprint density at radius 2 is 1.81 bits per heavy atom. The summed E-state index contributed by atoms with van der Waals surface area (Å²) in [4.78, 5) is 29.1. The Labute approximate surface area is 183 Å². The van der Waals surface area contributed by atoms with E-state index in [0.29, 0.717) is 22.6 Å². The van der Waals surface area contributed by atoms with Crippen LogP contribution in [-0.4, -0.2) is 38.0 Å². The summed E-state index contributed by atoms with van der Waals surface area (Å²) < 4.78 is 25.0. The van der Waals surface area contributed by atoms with Crippen LogP contribution in [-0.2, 0) is 4.79 Å². The van der Waals surface area contributed by atoms with Gasteiger partial charge in [-0.3, -0.25) is 9.59 Å². The molecule has 1 N–H and O–H groups in total. The first-order valence-corrected chi connectivity index (χ1v) is 10.5. The van der Waals surface area contributed by atoms with Gasteiger partial charge in [0.25, 0.3) is 5.91 Å². The Kier molecular flexibility index (Phi) is 5.65. The number of amides is 2. The molecule has 1 aromatic heterocycles. The fourth-order valence-electron chi connectivity index (χ4n) is 3.92. The van der Waals surface area contributed by atoms with Crippen LogP contribution in [0, 0.1) is 5.82 Å². The van der Waals surface area contributed by atoms with E-state index in [2.05, 4.69) is 5.32 Å². The fraction of sp³-hybridized carbons (Fsp3) is 0.217. The molecule has 2 amide bonds. The summed E-state index contributed by atoms with van der Waals surface area (Å²) in [6, 6.07) is 12.4. The molecule has 6 nitrogen and oxygen atoms in total. The van der Waals surface area contributed by atoms with Crippen molar-refractivity contribution in [1.29, 1.82) is 0 Å². The maximum atomic E-state index is 14.2. The highest BCUT2D eigenvalue weighted by Gasteiger charge is 2.44. The second-order valence-corrected chi connectivity index (χ2v) is 8.10. The zero-order chi connectivity index (χ0) is 22.1. The third-order valence-electron chi connectivity index (χ3n) is 5.42. The molecule has 0 spiro atoms. The number of rotatable bonds is 5. The lowest BCUT2D eigenvalue weighted by molar-refractivity contribution is -0.119. The zero-order valence-corrected chi connectivity index (χ0v) is 18.0. The van der Waals surface area contributed by atoms with Crippen molar-refractivity contribution in [1.82, 2.24) is 4.90 Å². The van der Waals surface area contributed by atoms with Crippen LogP contribution < -0.4 is 14.8 Å². The SMILES string of the molecule is COc1cc2c(cc1OC)C(C(=O)Nc1ccccc1F)C(c1cccs1)N(C)C2=O. The van der Waals surface area contributed by atoms with E-state index in [1.165, 1.54) is 37.7 Å². The van der Waals surface area contributed by atoms with Crippen molar-refractivity contribution in [3.05, 3.63) is 75.7 Å². The highest BCUT2D eigenvalue weighted by molar-refractivity contribution is 7.10. The number of hydrogen-bond donors (Lipinski definition) is 1. The van der Waals surface area contributed by atoms with Gasteiger partial charge in [0.2, 0.25) is 5.91 Å². The second kappa shape index (κ2) is 8.39. The van der Waals surface area contributed by atoms with Crippen LogP contribution in [0.15, 0.2) is 53.9 Å². The van der Waals surface area contributed by atoms with E-state index in [4.69, 9.17) is 9.47 Å². The van der Waals surface area contributed by atoms with Crippen LogP contribution in [0.25, 0.3) is 0 Å². The van der Waals surface area contributed by atoms with Crippen LogP contribution in [0.2, 0.25) is 0 Å². The first-order chi connectivity index (χ1) is 15.0. The number of anilines is 1. The van der Waals surface area contributed by atoms with Crippen molar-refractivity contribution in [2.45, 2.75) is 12.0 Å². The molecule has 2 unspecified atom stereocenters. The molecule has 4 rings (SSSR count). The van der Waals surface area contributed by atoms with E-state index in [1.807, 2.05) is 17.5 Å². The lowest BCUT2D eigenvalue weighted by Crippen LogP contribution is -2.43. The van der Waals surface area contributed by atoms with Gasteiger partial charge in [0.1, 0.15) is 5.82 Å². The Morgan fingerprint density at radius 1 is 1.10 bits per heavy atom. The number of fused-ring (bicyclic) bond motifs is 1. The molecule has 2 atom stereocenters. The van der Waals surface area contributed by atoms with E-state index < -0.39 is 23.7 Å². The summed E-state index contributed by atoms with van der Waals surface area (Å²) in [6.07, 6.45) is 0. The van der Waals surface area contributed by atoms with Gasteiger partial charge < -0.3 is 19.7 Å². The summed E-state index contributed by atoms with van der Waals surface area (Å²) in [5.74, 6) is -1.16. The quantitative estimate of drug-likeness (QED) is 0.636. The van der Waals surface area contributed by atoms with Gasteiger partial charge in [-0.1, -0.05) is 18.2 Å². The van der Waals surface area contributed by atoms with Crippen molar-refractivity contribution >= 4 is 28.8 Å². The third-order valence-corrected chi connectivity index (χ3v) is 6.37. The number of ether oxygens (including phenoxy) is 2. The van der Waals surface area contributed by atoms with E-state index >= 15 is 0 Å². The van der Waals surface area contributed by atoms with Crippen molar-refractivity contribution in [3.63, 3.8) is 0 Å². The standard InChI is InChI=1S/C23H21FN2O4S/c1-26-21(19-9-6-10-31-19)20(22(27)25-16-8-5-4-7-15(16)24)13-11-17(29-2)18(30-3)12-14(13)23(26)28/h4-12,20-21H,1-3H3,(H,25,27). The molecule has 31 heavy (non-hydrogen) atoms. The zero-order valence-electron chi connectivity index (χ0n) is 17.2. The van der Waals surface area contributed by atoms with E-state index in [0.717, 1.165) is 4.88 Å². The Hall–Kier alpha value is -3.39. The number of carbonyl (C=O) groups excluding carboxylic acids is 2. The Bertz CT molecular complexity index is 1130. The first kappa shape index (κ1) is 20.9. The van der Waals surface area contributed by atoms with E-state index in [9.17, 15) is 14.0 Å². The molecular weight excluding hydrogens is 419 g/mol. The second-order valence-electron chi connectivity index (χ2n) is 7.12. The number of para-hydroxylation sites is 1. The lowest BCUT2D eigenvalue weighted by Gasteiger charge is -2.39. The van der Waals surface area contributed by atoms with Gasteiger partial charge in [-0.25, -0.2) is 4.39 Å². The molecule has 2 aromatic carbocycles. The number of likely N-dealkylation sites (N-methyl/N-ethyl adjacent to an activating group) is 1. The molecule has 0 bridgehead atoms. The van der Waals surface area contributed by atoms with Gasteiger partial charge in [-0.2, -0.15) is 0 Å². The average molecular weight is 440 g/mol. The largest absolute Gasteiger partial charge is 0.493 e. The van der Waals surface area contributed by atoms with Crippen LogP contribution in [0.4, 0.5) is 10.1 Å². The third kappa shape index (κ3) is 3.63. The van der Waals surface area contributed by atoms with Crippen molar-refractivity contribution in [3.8, 4) is 11.5 Å². The maximum Gasteiger partial charge on any atom is 0.254 e. The summed E-state index contributed by atoms with van der Waals surface area (Å²) in [7, 11) is 4.64. The molecular formula is C23H21FN2O4S. The minimum absolute atomic E-state index is 0.0824. The molecule has 2 heterocycles. The molecule has 8 heteroatoms. The van der Waals surface area contributed by atoms with Gasteiger partial charge in [0.15, 0.2) is 11.5 Å². The van der Waals surface area contributed by atoms with Gasteiger partial charge in [-0.15, -0.1) is 11.3 Å². The molecule has 0 aliphatic carbocycles. The minimum Gasteiger partial charge on any atom is -0.493 e. The molecule has 1 aliphatic rings. The maximum absolute atomic E-state index is 14.2. The van der Waals surface area contributed by atoms with Gasteiger partial charge in [0, 0.05) is 17.5 Å². The number of thiophene rings is 1. The molecule has 0 fully saturated rings. The van der Waals surface area contributed by atoms with Crippen LogP contribution in [0.3, 0.4) is 0 Å². The molecule has 3 aromatic rings. The number of halogens is 1. The molecule has 160 valence electrons. The summed E-state index contributed by atoms with van der Waals surface area (Å²) in [6.45, 7) is 0. The van der Waals surface area contributed by atoms with Gasteiger partial charge in [0.05, 0.1) is 31.9 Å². The van der Waals surface area contributed by atoms with E-state index in [1.54, 1.807) is 36.2 Å². The van der Waals surface area contributed by atoms with Crippen molar-refractivity contribution < 1.29 is 23.5 Å². The number of carbonyl (C=O) groups is 2. The number of methoxy groups -OCH3 is 2. The normalized spacial score (nSPS) is 17.8. The predicted octanol–water partition coefficient (Wildman–Crippen LogP) is 4.45. The number of hydrogen-bond acceptors (Lipinski definition) is 5. The Balaban J connectivity index is 1.87. The number of nitrogens with zero attached hydrogens (tertiary/aromatic N) is 1. The summed E-state index contributed by atoms with van der Waals surface area (Å²) >= 11 is 1.45. The number of nitrogens with one attached hydrogen (secondary N) is 1. The smallest absolute Gasteiger partial charge is 0.254 e. The van der Waals surface area contributed by atoms with Gasteiger partial charge >= 0.3 is 0 Å². The fourth-order valence-corrected chi connectivity index (χ4v) is 4.82. The molecule has 1 aliphatic heterocycles. The molecule has 0 saturated heterocycles. The highest BCUT2D eigenvalue weighted by Crippen LogP contribution is 2.46. The minimum atomic E-state index is -0.782. The number of benzene rings is 2. The monoisotopic (exact) mass is 440 g/mol. The summed E-state index contributed by atoms with van der Waals surface area (Å²) in [5, 5.41) is 4.59. The van der Waals surface area contributed by atoms with Gasteiger partial charge in [-0.05, 0) is 41.3 Å². The van der Waals surface area contributed by atoms with E-state index in [-0.39, 0.29) is 11.6 Å². The Morgan fingerprint density at radius 3 is 2.45 bits per heavy atom. The molecule has 0 radical (unpaired) electrons. The lowest BCUT2D eigenvalue weighted by atomic mass is 9.81.